The number of ether oxygens (including phenoxy) is 1. The smallest absolute Gasteiger partial charge is 0.221 e. The van der Waals surface area contributed by atoms with Crippen molar-refractivity contribution in [2.24, 2.45) is 5.10 Å². The van der Waals surface area contributed by atoms with Crippen LogP contribution in [0, 0.1) is 6.92 Å². The number of hydrogen-bond donors (Lipinski definition) is 0. The van der Waals surface area contributed by atoms with Gasteiger partial charge in [0.05, 0.1) is 12.5 Å². The van der Waals surface area contributed by atoms with Crippen molar-refractivity contribution in [1.29, 1.82) is 0 Å². The van der Waals surface area contributed by atoms with E-state index in [1.54, 1.807) is 35.0 Å². The Hall–Kier alpha value is -2.97. The predicted molar refractivity (Wildman–Crippen MR) is 116 cm³/mol. The van der Waals surface area contributed by atoms with Gasteiger partial charge in [-0.15, -0.1) is 10.2 Å². The van der Waals surface area contributed by atoms with Gasteiger partial charge in [0.1, 0.15) is 23.9 Å². The van der Waals surface area contributed by atoms with Crippen LogP contribution in [0.15, 0.2) is 67.8 Å². The molecule has 9 heteroatoms. The Bertz CT molecular complexity index is 1150. The lowest BCUT2D eigenvalue weighted by Crippen LogP contribution is -1.97. The first-order chi connectivity index (χ1) is 14.7. The fraction of sp³-hybridized carbons (Fsp3) is 0.190. The summed E-state index contributed by atoms with van der Waals surface area (Å²) in [7, 11) is 0. The molecule has 0 saturated heterocycles. The summed E-state index contributed by atoms with van der Waals surface area (Å²) in [5.74, 6) is 3.95. The average molecular weight is 443 g/mol. The van der Waals surface area contributed by atoms with Crippen LogP contribution < -0.4 is 4.74 Å². The van der Waals surface area contributed by atoms with Crippen LogP contribution in [0.4, 0.5) is 0 Å². The van der Waals surface area contributed by atoms with E-state index in [-0.39, 0.29) is 6.61 Å². The molecule has 4 aromatic rings. The zero-order chi connectivity index (χ0) is 20.9. The molecule has 3 aromatic heterocycles. The standard InChI is InChI=1S/C21H19ClN4O3S/c1-3-30-21-25-24-20(19-8-5-11-27-19)26(21)23-12-15-9-10-16(29-15)13-28-18-7-4-6-17(22)14(18)2/h4-12H,3,13H2,1-2H3/b23-12-. The molecule has 0 unspecified atom stereocenters. The number of benzene rings is 1. The van der Waals surface area contributed by atoms with Gasteiger partial charge >= 0.3 is 0 Å². The minimum Gasteiger partial charge on any atom is -0.485 e. The quantitative estimate of drug-likeness (QED) is 0.258. The van der Waals surface area contributed by atoms with Crippen molar-refractivity contribution in [2.45, 2.75) is 25.6 Å². The first-order valence-corrected chi connectivity index (χ1v) is 10.6. The lowest BCUT2D eigenvalue weighted by atomic mass is 10.2. The Kier molecular flexibility index (Phi) is 6.25. The van der Waals surface area contributed by atoms with E-state index >= 15 is 0 Å². The van der Waals surface area contributed by atoms with Crippen LogP contribution in [0.1, 0.15) is 24.0 Å². The van der Waals surface area contributed by atoms with Crippen molar-refractivity contribution in [2.75, 3.05) is 5.75 Å². The molecule has 7 nitrogen and oxygen atoms in total. The van der Waals surface area contributed by atoms with Crippen LogP contribution in [-0.4, -0.2) is 26.8 Å². The molecular weight excluding hydrogens is 424 g/mol. The van der Waals surface area contributed by atoms with Gasteiger partial charge in [0, 0.05) is 10.6 Å². The third-order valence-corrected chi connectivity index (χ3v) is 5.41. The summed E-state index contributed by atoms with van der Waals surface area (Å²) in [6.07, 6.45) is 3.20. The zero-order valence-corrected chi connectivity index (χ0v) is 18.0. The van der Waals surface area contributed by atoms with E-state index in [0.717, 1.165) is 17.1 Å². The fourth-order valence-electron chi connectivity index (χ4n) is 2.70. The van der Waals surface area contributed by atoms with Crippen molar-refractivity contribution >= 4 is 29.6 Å². The van der Waals surface area contributed by atoms with Gasteiger partial charge in [0.2, 0.25) is 11.0 Å². The summed E-state index contributed by atoms with van der Waals surface area (Å²) in [6.45, 7) is 4.25. The summed E-state index contributed by atoms with van der Waals surface area (Å²) < 4.78 is 18.7. The number of hydrogen-bond acceptors (Lipinski definition) is 7. The zero-order valence-electron chi connectivity index (χ0n) is 16.4. The molecule has 154 valence electrons. The Morgan fingerprint density at radius 3 is 2.90 bits per heavy atom. The van der Waals surface area contributed by atoms with Gasteiger partial charge in [-0.3, -0.25) is 0 Å². The molecule has 3 heterocycles. The topological polar surface area (TPSA) is 78.6 Å². The third kappa shape index (κ3) is 4.44. The number of thioether (sulfide) groups is 1. The van der Waals surface area contributed by atoms with Gasteiger partial charge in [0.25, 0.3) is 0 Å². The number of halogens is 1. The maximum atomic E-state index is 6.13. The van der Waals surface area contributed by atoms with Crippen molar-refractivity contribution in [1.82, 2.24) is 14.9 Å². The van der Waals surface area contributed by atoms with Gasteiger partial charge in [-0.25, -0.2) is 0 Å². The Balaban J connectivity index is 1.50. The second-order valence-corrected chi connectivity index (χ2v) is 7.87. The molecule has 0 N–H and O–H groups in total. The lowest BCUT2D eigenvalue weighted by molar-refractivity contribution is 0.268. The van der Waals surface area contributed by atoms with Gasteiger partial charge in [-0.1, -0.05) is 36.4 Å². The molecule has 0 aliphatic heterocycles. The van der Waals surface area contributed by atoms with Crippen LogP contribution >= 0.6 is 23.4 Å². The number of rotatable bonds is 8. The molecule has 0 fully saturated rings. The molecule has 0 amide bonds. The van der Waals surface area contributed by atoms with Crippen LogP contribution in [-0.2, 0) is 6.61 Å². The number of aromatic nitrogens is 3. The Morgan fingerprint density at radius 1 is 1.20 bits per heavy atom. The molecule has 0 aliphatic rings. The van der Waals surface area contributed by atoms with Gasteiger partial charge in [-0.05, 0) is 49.1 Å². The summed E-state index contributed by atoms with van der Waals surface area (Å²) in [4.78, 5) is 0. The normalized spacial score (nSPS) is 11.4. The second-order valence-electron chi connectivity index (χ2n) is 6.23. The highest BCUT2D eigenvalue weighted by Crippen LogP contribution is 2.26. The van der Waals surface area contributed by atoms with E-state index in [1.165, 1.54) is 0 Å². The fourth-order valence-corrected chi connectivity index (χ4v) is 3.48. The van der Waals surface area contributed by atoms with E-state index in [2.05, 4.69) is 15.3 Å². The van der Waals surface area contributed by atoms with Crippen LogP contribution in [0.3, 0.4) is 0 Å². The Morgan fingerprint density at radius 2 is 2.10 bits per heavy atom. The highest BCUT2D eigenvalue weighted by atomic mass is 35.5. The summed E-state index contributed by atoms with van der Waals surface area (Å²) >= 11 is 7.67. The van der Waals surface area contributed by atoms with Crippen molar-refractivity contribution in [3.63, 3.8) is 0 Å². The summed E-state index contributed by atoms with van der Waals surface area (Å²) in [5.41, 5.74) is 0.895. The minimum atomic E-state index is 0.288. The summed E-state index contributed by atoms with van der Waals surface area (Å²) in [5, 5.41) is 14.2. The van der Waals surface area contributed by atoms with Crippen molar-refractivity contribution in [3.05, 3.63) is 70.8 Å². The first kappa shape index (κ1) is 20.3. The molecule has 0 spiro atoms. The molecule has 0 saturated carbocycles. The van der Waals surface area contributed by atoms with Crippen LogP contribution in [0.5, 0.6) is 5.75 Å². The minimum absolute atomic E-state index is 0.288. The third-order valence-electron chi connectivity index (χ3n) is 4.20. The van der Waals surface area contributed by atoms with E-state index in [4.69, 9.17) is 25.2 Å². The number of nitrogens with zero attached hydrogens (tertiary/aromatic N) is 4. The Labute approximate surface area is 182 Å². The van der Waals surface area contributed by atoms with E-state index in [1.807, 2.05) is 50.2 Å². The largest absolute Gasteiger partial charge is 0.485 e. The number of furan rings is 2. The highest BCUT2D eigenvalue weighted by molar-refractivity contribution is 7.99. The monoisotopic (exact) mass is 442 g/mol. The maximum Gasteiger partial charge on any atom is 0.221 e. The van der Waals surface area contributed by atoms with Crippen LogP contribution in [0.2, 0.25) is 5.02 Å². The van der Waals surface area contributed by atoms with Crippen molar-refractivity contribution in [3.8, 4) is 17.3 Å². The van der Waals surface area contributed by atoms with Gasteiger partial charge < -0.3 is 13.6 Å². The second kappa shape index (κ2) is 9.23. The van der Waals surface area contributed by atoms with E-state index < -0.39 is 0 Å². The SMILES string of the molecule is CCSc1nnc(-c2ccco2)n1/N=C\c1ccc(COc2cccc(Cl)c2C)o1. The first-order valence-electron chi connectivity index (χ1n) is 9.28. The predicted octanol–water partition coefficient (Wildman–Crippen LogP) is 5.67. The molecule has 4 rings (SSSR count). The van der Waals surface area contributed by atoms with E-state index in [0.29, 0.717) is 33.3 Å². The van der Waals surface area contributed by atoms with Gasteiger partial charge in [-0.2, -0.15) is 9.78 Å². The molecular formula is C21H19ClN4O3S. The molecule has 1 aromatic carbocycles. The van der Waals surface area contributed by atoms with E-state index in [9.17, 15) is 0 Å². The lowest BCUT2D eigenvalue weighted by Gasteiger charge is -2.08. The highest BCUT2D eigenvalue weighted by Gasteiger charge is 2.15. The summed E-state index contributed by atoms with van der Waals surface area (Å²) in [6, 6.07) is 12.9. The average Bonchev–Trinajstić information content (AvgIpc) is 3.49. The molecule has 0 aliphatic carbocycles. The van der Waals surface area contributed by atoms with Crippen LogP contribution in [0.25, 0.3) is 11.6 Å². The molecule has 30 heavy (non-hydrogen) atoms. The molecule has 0 bridgehead atoms. The maximum absolute atomic E-state index is 6.13. The molecule has 0 atom stereocenters. The van der Waals surface area contributed by atoms with Gasteiger partial charge in [0.15, 0.2) is 5.76 Å². The molecule has 0 radical (unpaired) electrons. The van der Waals surface area contributed by atoms with Crippen molar-refractivity contribution < 1.29 is 13.6 Å².